The predicted octanol–water partition coefficient (Wildman–Crippen LogP) is 3.24. The van der Waals surface area contributed by atoms with Crippen LogP contribution in [0.25, 0.3) is 11.3 Å². The Kier molecular flexibility index (Phi) is 4.37. The van der Waals surface area contributed by atoms with Crippen molar-refractivity contribution < 1.29 is 19.7 Å². The second-order valence-electron chi connectivity index (χ2n) is 6.03. The summed E-state index contributed by atoms with van der Waals surface area (Å²) in [4.78, 5) is 4.36. The largest absolute Gasteiger partial charge is 0.504 e. The first kappa shape index (κ1) is 16.9. The summed E-state index contributed by atoms with van der Waals surface area (Å²) < 4.78 is 11.5. The van der Waals surface area contributed by atoms with Crippen LogP contribution in [-0.2, 0) is 0 Å². The van der Waals surface area contributed by atoms with Gasteiger partial charge in [0.25, 0.3) is 0 Å². The van der Waals surface area contributed by atoms with Gasteiger partial charge in [-0.2, -0.15) is 4.98 Å². The van der Waals surface area contributed by atoms with Crippen LogP contribution in [0.15, 0.2) is 42.5 Å². The van der Waals surface area contributed by atoms with Gasteiger partial charge in [0.2, 0.25) is 5.88 Å². The number of phenolic OH excluding ortho intramolecular Hbond substituents is 2. The number of nitrogens with one attached hydrogen (secondary N) is 1. The SMILES string of the molecule is CCCOc1nnc2c(n1)OC(c1ccc(O)c(O)c1)Nc1ccccc1-2. The van der Waals surface area contributed by atoms with E-state index < -0.39 is 6.23 Å². The van der Waals surface area contributed by atoms with Gasteiger partial charge in [0.15, 0.2) is 23.4 Å². The van der Waals surface area contributed by atoms with E-state index in [9.17, 15) is 10.2 Å². The number of hydrogen-bond acceptors (Lipinski definition) is 8. The molecule has 27 heavy (non-hydrogen) atoms. The number of aromatic nitrogens is 3. The summed E-state index contributed by atoms with van der Waals surface area (Å²) in [5.41, 5.74) is 2.68. The highest BCUT2D eigenvalue weighted by atomic mass is 16.5. The minimum absolute atomic E-state index is 0.141. The molecule has 1 unspecified atom stereocenters. The maximum absolute atomic E-state index is 9.84. The van der Waals surface area contributed by atoms with Crippen LogP contribution in [0.3, 0.4) is 0 Å². The van der Waals surface area contributed by atoms with Gasteiger partial charge in [-0.1, -0.05) is 30.2 Å². The van der Waals surface area contributed by atoms with E-state index in [-0.39, 0.29) is 23.4 Å². The molecular weight excluding hydrogens is 348 g/mol. The zero-order chi connectivity index (χ0) is 18.8. The van der Waals surface area contributed by atoms with Gasteiger partial charge in [0.1, 0.15) is 0 Å². The number of para-hydroxylation sites is 1. The van der Waals surface area contributed by atoms with Crippen molar-refractivity contribution in [2.24, 2.45) is 0 Å². The molecular formula is C19H18N4O4. The first-order valence-electron chi connectivity index (χ1n) is 8.57. The molecule has 138 valence electrons. The second-order valence-corrected chi connectivity index (χ2v) is 6.03. The molecule has 0 bridgehead atoms. The van der Waals surface area contributed by atoms with E-state index >= 15 is 0 Å². The van der Waals surface area contributed by atoms with Crippen molar-refractivity contribution in [3.05, 3.63) is 48.0 Å². The van der Waals surface area contributed by atoms with E-state index in [1.165, 1.54) is 12.1 Å². The Balaban J connectivity index is 1.79. The van der Waals surface area contributed by atoms with E-state index in [1.807, 2.05) is 31.2 Å². The lowest BCUT2D eigenvalue weighted by Gasteiger charge is -2.19. The third kappa shape index (κ3) is 3.29. The summed E-state index contributed by atoms with van der Waals surface area (Å²) in [7, 11) is 0. The number of fused-ring (bicyclic) bond motifs is 3. The lowest BCUT2D eigenvalue weighted by atomic mass is 10.1. The third-order valence-corrected chi connectivity index (χ3v) is 4.07. The van der Waals surface area contributed by atoms with Crippen molar-refractivity contribution >= 4 is 5.69 Å². The van der Waals surface area contributed by atoms with Gasteiger partial charge in [-0.25, -0.2) is 0 Å². The molecule has 0 radical (unpaired) electrons. The van der Waals surface area contributed by atoms with Crippen LogP contribution < -0.4 is 14.8 Å². The minimum Gasteiger partial charge on any atom is -0.504 e. The van der Waals surface area contributed by atoms with Crippen LogP contribution in [-0.4, -0.2) is 32.0 Å². The summed E-state index contributed by atoms with van der Waals surface area (Å²) >= 11 is 0. The molecule has 2 heterocycles. The topological polar surface area (TPSA) is 110 Å². The fourth-order valence-electron chi connectivity index (χ4n) is 2.76. The molecule has 0 saturated carbocycles. The summed E-state index contributed by atoms with van der Waals surface area (Å²) in [6, 6.07) is 12.2. The van der Waals surface area contributed by atoms with E-state index in [1.54, 1.807) is 6.07 Å². The van der Waals surface area contributed by atoms with E-state index in [4.69, 9.17) is 9.47 Å². The van der Waals surface area contributed by atoms with Gasteiger partial charge in [0, 0.05) is 16.8 Å². The zero-order valence-corrected chi connectivity index (χ0v) is 14.6. The number of nitrogens with zero attached hydrogens (tertiary/aromatic N) is 3. The van der Waals surface area contributed by atoms with Gasteiger partial charge in [0.05, 0.1) is 6.61 Å². The zero-order valence-electron chi connectivity index (χ0n) is 14.6. The number of rotatable bonds is 4. The predicted molar refractivity (Wildman–Crippen MR) is 97.8 cm³/mol. The highest BCUT2D eigenvalue weighted by Gasteiger charge is 2.26. The molecule has 0 fully saturated rings. The van der Waals surface area contributed by atoms with Crippen molar-refractivity contribution in [1.82, 2.24) is 15.2 Å². The van der Waals surface area contributed by atoms with E-state index in [0.29, 0.717) is 17.9 Å². The highest BCUT2D eigenvalue weighted by molar-refractivity contribution is 5.79. The molecule has 0 saturated heterocycles. The van der Waals surface area contributed by atoms with Crippen LogP contribution in [0.1, 0.15) is 25.1 Å². The Morgan fingerprint density at radius 3 is 2.78 bits per heavy atom. The Morgan fingerprint density at radius 1 is 1.11 bits per heavy atom. The Hall–Kier alpha value is -3.55. The summed E-state index contributed by atoms with van der Waals surface area (Å²) in [5.74, 6) is -0.165. The van der Waals surface area contributed by atoms with Crippen molar-refractivity contribution in [1.29, 1.82) is 0 Å². The molecule has 0 spiro atoms. The molecule has 0 amide bonds. The molecule has 1 atom stereocenters. The normalized spacial score (nSPS) is 14.9. The second kappa shape index (κ2) is 6.99. The number of phenols is 2. The lowest BCUT2D eigenvalue weighted by molar-refractivity contribution is 0.217. The average molecular weight is 366 g/mol. The standard InChI is InChI=1S/C19H18N4O4/c1-2-9-26-19-21-18-16(22-23-19)12-5-3-4-6-13(12)20-17(27-18)11-7-8-14(24)15(25)10-11/h3-8,10,17,20,24-25H,2,9H2,1H3. The molecule has 8 nitrogen and oxygen atoms in total. The molecule has 3 aromatic rings. The minimum atomic E-state index is -0.658. The Bertz CT molecular complexity index is 980. The first-order chi connectivity index (χ1) is 13.2. The molecule has 0 aliphatic carbocycles. The molecule has 1 aromatic heterocycles. The molecule has 4 rings (SSSR count). The molecule has 3 N–H and O–H groups in total. The molecule has 2 aromatic carbocycles. The fraction of sp³-hybridized carbons (Fsp3) is 0.211. The summed E-state index contributed by atoms with van der Waals surface area (Å²) in [5, 5.41) is 31.0. The summed E-state index contributed by atoms with van der Waals surface area (Å²) in [6.07, 6.45) is 0.163. The Morgan fingerprint density at radius 2 is 1.96 bits per heavy atom. The highest BCUT2D eigenvalue weighted by Crippen LogP contribution is 2.40. The maximum atomic E-state index is 9.84. The Labute approximate surface area is 155 Å². The lowest BCUT2D eigenvalue weighted by Crippen LogP contribution is -2.17. The number of anilines is 1. The monoisotopic (exact) mass is 366 g/mol. The van der Waals surface area contributed by atoms with Gasteiger partial charge in [-0.05, 0) is 30.7 Å². The van der Waals surface area contributed by atoms with Crippen molar-refractivity contribution in [2.45, 2.75) is 19.6 Å². The van der Waals surface area contributed by atoms with Gasteiger partial charge >= 0.3 is 6.01 Å². The third-order valence-electron chi connectivity index (χ3n) is 4.07. The number of aromatic hydroxyl groups is 2. The number of ether oxygens (including phenoxy) is 2. The van der Waals surface area contributed by atoms with Gasteiger partial charge in [-0.3, -0.25) is 0 Å². The van der Waals surface area contributed by atoms with Crippen LogP contribution in [0.2, 0.25) is 0 Å². The molecule has 1 aliphatic rings. The quantitative estimate of drug-likeness (QED) is 0.604. The number of benzene rings is 2. The fourth-order valence-corrected chi connectivity index (χ4v) is 2.76. The van der Waals surface area contributed by atoms with Crippen LogP contribution in [0, 0.1) is 0 Å². The maximum Gasteiger partial charge on any atom is 0.339 e. The first-order valence-corrected chi connectivity index (χ1v) is 8.57. The van der Waals surface area contributed by atoms with E-state index in [0.717, 1.165) is 17.7 Å². The van der Waals surface area contributed by atoms with Crippen molar-refractivity contribution in [3.8, 4) is 34.6 Å². The average Bonchev–Trinajstić information content (AvgIpc) is 2.85. The van der Waals surface area contributed by atoms with E-state index in [2.05, 4.69) is 20.5 Å². The van der Waals surface area contributed by atoms with Crippen LogP contribution in [0.5, 0.6) is 23.4 Å². The summed E-state index contributed by atoms with van der Waals surface area (Å²) in [6.45, 7) is 2.46. The smallest absolute Gasteiger partial charge is 0.339 e. The number of hydrogen-bond donors (Lipinski definition) is 3. The van der Waals surface area contributed by atoms with Gasteiger partial charge < -0.3 is 25.0 Å². The van der Waals surface area contributed by atoms with Crippen molar-refractivity contribution in [3.63, 3.8) is 0 Å². The van der Waals surface area contributed by atoms with Crippen LogP contribution >= 0.6 is 0 Å². The van der Waals surface area contributed by atoms with Gasteiger partial charge in [-0.15, -0.1) is 5.10 Å². The molecule has 8 heteroatoms. The van der Waals surface area contributed by atoms with Crippen LogP contribution in [0.4, 0.5) is 5.69 Å². The molecule has 1 aliphatic heterocycles. The van der Waals surface area contributed by atoms with Crippen molar-refractivity contribution in [2.75, 3.05) is 11.9 Å².